The molecule has 0 spiro atoms. The van der Waals surface area contributed by atoms with Crippen LogP contribution in [-0.4, -0.2) is 51.6 Å². The molecule has 1 atom stereocenters. The van der Waals surface area contributed by atoms with Crippen LogP contribution in [-0.2, 0) is 14.6 Å². The molecule has 1 saturated carbocycles. The molecule has 2 aromatic carbocycles. The summed E-state index contributed by atoms with van der Waals surface area (Å²) in [7, 11) is -1.70. The van der Waals surface area contributed by atoms with Gasteiger partial charge in [0.05, 0.1) is 45.3 Å². The number of nitrogen functional groups attached to an aromatic ring is 1. The van der Waals surface area contributed by atoms with E-state index in [1.165, 1.54) is 17.0 Å². The zero-order chi connectivity index (χ0) is 26.3. The number of carbonyl (C=O) groups is 1. The number of halogens is 1. The van der Waals surface area contributed by atoms with Crippen LogP contribution < -0.4 is 5.73 Å². The van der Waals surface area contributed by atoms with Crippen LogP contribution >= 0.6 is 11.8 Å². The Morgan fingerprint density at radius 3 is 2.70 bits per heavy atom. The van der Waals surface area contributed by atoms with Crippen molar-refractivity contribution in [1.29, 1.82) is 0 Å². The van der Waals surface area contributed by atoms with Gasteiger partial charge in [-0.15, -0.1) is 11.8 Å². The lowest BCUT2D eigenvalue weighted by molar-refractivity contribution is 0.0738. The van der Waals surface area contributed by atoms with Gasteiger partial charge in [0.2, 0.25) is 0 Å². The minimum absolute atomic E-state index is 0.0825. The summed E-state index contributed by atoms with van der Waals surface area (Å²) >= 11 is 1.65. The lowest BCUT2D eigenvalue weighted by Gasteiger charge is -2.40. The van der Waals surface area contributed by atoms with E-state index in [2.05, 4.69) is 23.8 Å². The molecule has 2 N–H and O–H groups in total. The lowest BCUT2D eigenvalue weighted by Crippen LogP contribution is -2.38. The third-order valence-corrected chi connectivity index (χ3v) is 11.1. The zero-order valence-electron chi connectivity index (χ0n) is 20.6. The summed E-state index contributed by atoms with van der Waals surface area (Å²) in [5.74, 6) is -0.348. The standard InChI is InChI=1S/C26H26FN5O3S2/c1-26(2)18-8-15(37(34,35)14-4-5-14)6-7-16(18)23(12-36-26)31(3)25(33)17-9-21-20(10-19(17)27)30-24(28)22-11-29-13-32(21)22/h6-11,13-14,23H,4-5,12H2,1-3H3,(H2,28,30)/t23-/m1/s1. The van der Waals surface area contributed by atoms with Gasteiger partial charge in [0, 0.05) is 23.6 Å². The molecule has 1 aliphatic carbocycles. The number of imidazole rings is 1. The van der Waals surface area contributed by atoms with Crippen LogP contribution in [0.3, 0.4) is 0 Å². The third-order valence-electron chi connectivity index (χ3n) is 7.41. The molecule has 0 unspecified atom stereocenters. The number of benzene rings is 2. The fraction of sp³-hybridized carbons (Fsp3) is 0.346. The average Bonchev–Trinajstić information content (AvgIpc) is 3.60. The number of hydrogen-bond donors (Lipinski definition) is 1. The van der Waals surface area contributed by atoms with Gasteiger partial charge in [-0.1, -0.05) is 6.07 Å². The summed E-state index contributed by atoms with van der Waals surface area (Å²) < 4.78 is 42.4. The summed E-state index contributed by atoms with van der Waals surface area (Å²) in [4.78, 5) is 23.9. The fourth-order valence-electron chi connectivity index (χ4n) is 5.06. The maximum atomic E-state index is 15.2. The smallest absolute Gasteiger partial charge is 0.257 e. The van der Waals surface area contributed by atoms with Gasteiger partial charge in [-0.25, -0.2) is 22.8 Å². The van der Waals surface area contributed by atoms with Gasteiger partial charge in [0.25, 0.3) is 5.91 Å². The van der Waals surface area contributed by atoms with Gasteiger partial charge in [-0.3, -0.25) is 9.20 Å². The highest BCUT2D eigenvalue weighted by Crippen LogP contribution is 2.48. The van der Waals surface area contributed by atoms with Crippen molar-refractivity contribution in [1.82, 2.24) is 19.3 Å². The molecule has 6 rings (SSSR count). The van der Waals surface area contributed by atoms with Gasteiger partial charge in [0.1, 0.15) is 17.2 Å². The van der Waals surface area contributed by atoms with Crippen molar-refractivity contribution < 1.29 is 17.6 Å². The van der Waals surface area contributed by atoms with Crippen LogP contribution in [0.15, 0.2) is 47.8 Å². The topological polar surface area (TPSA) is 111 Å². The Hall–Kier alpha value is -3.18. The van der Waals surface area contributed by atoms with Crippen LogP contribution in [0.5, 0.6) is 0 Å². The Kier molecular flexibility index (Phi) is 5.33. The largest absolute Gasteiger partial charge is 0.382 e. The number of nitrogens with zero attached hydrogens (tertiary/aromatic N) is 4. The van der Waals surface area contributed by atoms with Crippen LogP contribution in [0.4, 0.5) is 10.2 Å². The molecule has 0 saturated heterocycles. The monoisotopic (exact) mass is 539 g/mol. The van der Waals surface area contributed by atoms with Crippen molar-refractivity contribution in [2.24, 2.45) is 0 Å². The highest BCUT2D eigenvalue weighted by atomic mass is 32.2. The molecular formula is C26H26FN5O3S2. The number of aromatic nitrogens is 3. The van der Waals surface area contributed by atoms with Gasteiger partial charge < -0.3 is 10.6 Å². The normalized spacial score (nSPS) is 19.2. The second-order valence-corrected chi connectivity index (χ2v) is 14.1. The van der Waals surface area contributed by atoms with Crippen LogP contribution in [0.1, 0.15) is 54.2 Å². The van der Waals surface area contributed by atoms with Crippen molar-refractivity contribution in [3.05, 3.63) is 65.4 Å². The Bertz CT molecular complexity index is 1710. The molecule has 1 aliphatic heterocycles. The van der Waals surface area contributed by atoms with Crippen molar-refractivity contribution in [3.63, 3.8) is 0 Å². The summed E-state index contributed by atoms with van der Waals surface area (Å²) in [5.41, 5.74) is 9.07. The molecule has 37 heavy (non-hydrogen) atoms. The summed E-state index contributed by atoms with van der Waals surface area (Å²) in [6, 6.07) is 7.57. The lowest BCUT2D eigenvalue weighted by atomic mass is 9.91. The highest BCUT2D eigenvalue weighted by Gasteiger charge is 2.41. The molecule has 0 bridgehead atoms. The van der Waals surface area contributed by atoms with E-state index in [-0.39, 0.29) is 27.4 Å². The minimum Gasteiger partial charge on any atom is -0.382 e. The number of anilines is 1. The average molecular weight is 540 g/mol. The van der Waals surface area contributed by atoms with Crippen molar-refractivity contribution in [2.75, 3.05) is 18.5 Å². The van der Waals surface area contributed by atoms with E-state index in [0.29, 0.717) is 40.0 Å². The molecule has 0 radical (unpaired) electrons. The number of hydrogen-bond acceptors (Lipinski definition) is 7. The molecule has 192 valence electrons. The third kappa shape index (κ3) is 3.78. The Morgan fingerprint density at radius 1 is 1.22 bits per heavy atom. The Balaban J connectivity index is 1.40. The minimum atomic E-state index is -3.35. The zero-order valence-corrected chi connectivity index (χ0v) is 22.2. The number of fused-ring (bicyclic) bond motifs is 4. The SMILES string of the molecule is CN(C(=O)c1cc2c(cc1F)nc(N)c1cncn12)[C@@H]1CSC(C)(C)c2cc(S(=O)(=O)C3CC3)ccc21. The molecule has 4 aromatic rings. The Morgan fingerprint density at radius 2 is 1.97 bits per heavy atom. The first-order valence-electron chi connectivity index (χ1n) is 12.0. The molecule has 3 heterocycles. The molecule has 2 aromatic heterocycles. The number of thioether (sulfide) groups is 1. The maximum Gasteiger partial charge on any atom is 0.257 e. The summed E-state index contributed by atoms with van der Waals surface area (Å²) in [6.07, 6.45) is 4.51. The Labute approximate surface area is 218 Å². The van der Waals surface area contributed by atoms with Crippen molar-refractivity contribution in [3.8, 4) is 0 Å². The predicted molar refractivity (Wildman–Crippen MR) is 142 cm³/mol. The second-order valence-electron chi connectivity index (χ2n) is 10.2. The quantitative estimate of drug-likeness (QED) is 0.411. The second kappa shape index (κ2) is 8.16. The molecule has 2 aliphatic rings. The number of amides is 1. The van der Waals surface area contributed by atoms with Gasteiger partial charge in [-0.2, -0.15) is 0 Å². The highest BCUT2D eigenvalue weighted by molar-refractivity contribution is 8.00. The van der Waals surface area contributed by atoms with E-state index in [1.807, 2.05) is 6.07 Å². The number of rotatable bonds is 4. The van der Waals surface area contributed by atoms with Gasteiger partial charge >= 0.3 is 0 Å². The molecule has 1 amide bonds. The van der Waals surface area contributed by atoms with Crippen LogP contribution in [0.2, 0.25) is 0 Å². The molecular weight excluding hydrogens is 513 g/mol. The number of nitrogens with two attached hydrogens (primary N) is 1. The summed E-state index contributed by atoms with van der Waals surface area (Å²) in [5, 5.41) is -0.298. The maximum absolute atomic E-state index is 15.2. The van der Waals surface area contributed by atoms with E-state index in [4.69, 9.17) is 5.73 Å². The molecule has 8 nitrogen and oxygen atoms in total. The van der Waals surface area contributed by atoms with E-state index < -0.39 is 21.6 Å². The van der Waals surface area contributed by atoms with E-state index in [1.54, 1.807) is 47.9 Å². The van der Waals surface area contributed by atoms with Gasteiger partial charge in [-0.05, 0) is 56.0 Å². The van der Waals surface area contributed by atoms with Crippen LogP contribution in [0.25, 0.3) is 16.6 Å². The molecule has 11 heteroatoms. The van der Waals surface area contributed by atoms with Crippen LogP contribution in [0, 0.1) is 5.82 Å². The molecule has 1 fully saturated rings. The summed E-state index contributed by atoms with van der Waals surface area (Å²) in [6.45, 7) is 4.11. The van der Waals surface area contributed by atoms with E-state index >= 15 is 4.39 Å². The number of carbonyl (C=O) groups excluding carboxylic acids is 1. The fourth-order valence-corrected chi connectivity index (χ4v) is 8.05. The predicted octanol–water partition coefficient (Wildman–Crippen LogP) is 4.34. The number of sulfone groups is 1. The van der Waals surface area contributed by atoms with E-state index in [9.17, 15) is 13.2 Å². The first-order chi connectivity index (χ1) is 17.5. The van der Waals surface area contributed by atoms with Crippen molar-refractivity contribution >= 4 is 49.9 Å². The first kappa shape index (κ1) is 24.2. The van der Waals surface area contributed by atoms with E-state index in [0.717, 1.165) is 11.1 Å². The first-order valence-corrected chi connectivity index (χ1v) is 14.5. The van der Waals surface area contributed by atoms with Crippen molar-refractivity contribution in [2.45, 2.75) is 47.6 Å². The van der Waals surface area contributed by atoms with Gasteiger partial charge in [0.15, 0.2) is 9.84 Å².